The Labute approximate surface area is 243 Å². The summed E-state index contributed by atoms with van der Waals surface area (Å²) < 4.78 is 49.9. The van der Waals surface area contributed by atoms with Crippen molar-refractivity contribution in [2.45, 2.75) is 31.3 Å². The van der Waals surface area contributed by atoms with E-state index in [2.05, 4.69) is 15.0 Å². The van der Waals surface area contributed by atoms with Gasteiger partial charge in [0.25, 0.3) is 0 Å². The number of nitrogens with zero attached hydrogens (tertiary/aromatic N) is 2. The summed E-state index contributed by atoms with van der Waals surface area (Å²) in [6.45, 7) is 3.41. The van der Waals surface area contributed by atoms with E-state index in [9.17, 15) is 18.0 Å². The lowest BCUT2D eigenvalue weighted by Crippen LogP contribution is -2.41. The summed E-state index contributed by atoms with van der Waals surface area (Å²) in [5.74, 6) is -0.00452. The number of nitrogens with one attached hydrogen (secondary N) is 1. The molecule has 2 aromatic carbocycles. The number of ether oxygens (including phenoxy) is 3. The Morgan fingerprint density at radius 3 is 2.45 bits per heavy atom. The third-order valence-electron chi connectivity index (χ3n) is 6.63. The molecule has 1 aliphatic rings. The van der Waals surface area contributed by atoms with E-state index in [-0.39, 0.29) is 31.6 Å². The van der Waals surface area contributed by atoms with Crippen molar-refractivity contribution in [2.24, 2.45) is 0 Å². The van der Waals surface area contributed by atoms with E-state index in [1.165, 1.54) is 0 Å². The zero-order chi connectivity index (χ0) is 29.0. The van der Waals surface area contributed by atoms with Gasteiger partial charge in [-0.15, -0.1) is 13.2 Å². The summed E-state index contributed by atoms with van der Waals surface area (Å²) in [5.41, 5.74) is 1.89. The minimum absolute atomic E-state index is 0.00452. The number of alkyl halides is 3. The zero-order valence-corrected chi connectivity index (χ0v) is 24.0. The summed E-state index contributed by atoms with van der Waals surface area (Å²) >= 11 is 12.2. The molecule has 0 aliphatic carbocycles. The molecule has 0 spiro atoms. The molecule has 1 N–H and O–H groups in total. The molecule has 222 valence electrons. The van der Waals surface area contributed by atoms with Crippen LogP contribution in [0.5, 0.6) is 0 Å². The lowest BCUT2D eigenvalue weighted by atomic mass is 10.0. The minimum atomic E-state index is -4.63. The van der Waals surface area contributed by atoms with Crippen molar-refractivity contribution in [1.29, 1.82) is 0 Å². The van der Waals surface area contributed by atoms with Crippen LogP contribution in [0.1, 0.15) is 23.6 Å². The summed E-state index contributed by atoms with van der Waals surface area (Å²) in [6, 6.07) is 15.5. The fourth-order valence-electron chi connectivity index (χ4n) is 4.53. The van der Waals surface area contributed by atoms with Crippen LogP contribution in [-0.2, 0) is 25.4 Å². The Morgan fingerprint density at radius 1 is 1.05 bits per heavy atom. The Hall–Kier alpha value is -1.92. The number of likely N-dealkylation sites (N-methyl/N-ethyl adjacent to an activating group) is 1. The first kappa shape index (κ1) is 32.6. The summed E-state index contributed by atoms with van der Waals surface area (Å²) in [7, 11) is 1.84. The fraction of sp³-hybridized carbons (Fsp3) is 0.536. The molecule has 0 saturated carbocycles. The molecular formula is C28H36Cl2F3N3O4. The van der Waals surface area contributed by atoms with Crippen molar-refractivity contribution in [1.82, 2.24) is 15.1 Å². The lowest BCUT2D eigenvalue weighted by Gasteiger charge is -2.32. The SMILES string of the molecule is CN(C(=O)Cc1ccc(Cl)c(Cl)c1)[C@H](CN1CCC(NCCOCCOCCOC(F)(F)F)C1)c1ccccc1. The van der Waals surface area contributed by atoms with Gasteiger partial charge in [0.15, 0.2) is 0 Å². The highest BCUT2D eigenvalue weighted by Crippen LogP contribution is 2.26. The maximum atomic E-state index is 13.2. The normalized spacial score (nSPS) is 16.8. The first-order valence-electron chi connectivity index (χ1n) is 13.2. The molecule has 12 heteroatoms. The van der Waals surface area contributed by atoms with Crippen LogP contribution < -0.4 is 5.32 Å². The predicted molar refractivity (Wildman–Crippen MR) is 149 cm³/mol. The average Bonchev–Trinajstić information content (AvgIpc) is 3.37. The molecular weight excluding hydrogens is 570 g/mol. The number of halogens is 5. The van der Waals surface area contributed by atoms with E-state index in [1.807, 2.05) is 48.3 Å². The van der Waals surface area contributed by atoms with E-state index < -0.39 is 13.0 Å². The predicted octanol–water partition coefficient (Wildman–Crippen LogP) is 4.97. The molecule has 1 fully saturated rings. The van der Waals surface area contributed by atoms with E-state index in [4.69, 9.17) is 32.7 Å². The molecule has 0 bridgehead atoms. The quantitative estimate of drug-likeness (QED) is 0.273. The summed E-state index contributed by atoms with van der Waals surface area (Å²) in [6.07, 6.45) is -3.43. The lowest BCUT2D eigenvalue weighted by molar-refractivity contribution is -0.327. The molecule has 2 aromatic rings. The van der Waals surface area contributed by atoms with E-state index >= 15 is 0 Å². The van der Waals surface area contributed by atoms with Gasteiger partial charge in [0.05, 0.1) is 55.5 Å². The molecule has 2 atom stereocenters. The highest BCUT2D eigenvalue weighted by molar-refractivity contribution is 6.42. The van der Waals surface area contributed by atoms with Crippen LogP contribution in [0.3, 0.4) is 0 Å². The van der Waals surface area contributed by atoms with Crippen LogP contribution in [0.4, 0.5) is 13.2 Å². The van der Waals surface area contributed by atoms with Crippen LogP contribution in [0.2, 0.25) is 10.0 Å². The standard InChI is InChI=1S/C28H36Cl2F3N3O4/c1-35(27(37)18-21-7-8-24(29)25(30)17-21)26(22-5-3-2-4-6-22)20-36-11-9-23(19-36)34-10-12-38-13-14-39-15-16-40-28(31,32)33/h2-8,17,23,26,34H,9-16,18-20H2,1H3/t23?,26-/m1/s1. The molecule has 3 rings (SSSR count). The number of hydrogen-bond acceptors (Lipinski definition) is 6. The number of rotatable bonds is 16. The van der Waals surface area contributed by atoms with E-state index in [0.29, 0.717) is 42.4 Å². The summed E-state index contributed by atoms with van der Waals surface area (Å²) in [5, 5.41) is 4.38. The minimum Gasteiger partial charge on any atom is -0.378 e. The van der Waals surface area contributed by atoms with Crippen LogP contribution >= 0.6 is 23.2 Å². The smallest absolute Gasteiger partial charge is 0.378 e. The van der Waals surface area contributed by atoms with Gasteiger partial charge in [0.2, 0.25) is 5.91 Å². The van der Waals surface area contributed by atoms with Crippen molar-refractivity contribution in [3.8, 4) is 0 Å². The first-order chi connectivity index (χ1) is 19.1. The highest BCUT2D eigenvalue weighted by Gasteiger charge is 2.29. The van der Waals surface area contributed by atoms with E-state index in [0.717, 1.165) is 30.6 Å². The molecule has 0 aromatic heterocycles. The van der Waals surface area contributed by atoms with Gasteiger partial charge in [-0.2, -0.15) is 0 Å². The van der Waals surface area contributed by atoms with Crippen molar-refractivity contribution in [2.75, 3.05) is 66.3 Å². The molecule has 1 heterocycles. The largest absolute Gasteiger partial charge is 0.522 e. The second-order valence-corrected chi connectivity index (χ2v) is 10.4. The van der Waals surface area contributed by atoms with Gasteiger partial charge in [-0.25, -0.2) is 0 Å². The van der Waals surface area contributed by atoms with Crippen molar-refractivity contribution >= 4 is 29.1 Å². The molecule has 40 heavy (non-hydrogen) atoms. The maximum Gasteiger partial charge on any atom is 0.522 e. The molecule has 7 nitrogen and oxygen atoms in total. The third-order valence-corrected chi connectivity index (χ3v) is 7.37. The molecule has 1 saturated heterocycles. The number of amides is 1. The molecule has 1 amide bonds. The third kappa shape index (κ3) is 11.5. The molecule has 1 unspecified atom stereocenters. The Bertz CT molecular complexity index is 1050. The Balaban J connectivity index is 1.40. The van der Waals surface area contributed by atoms with E-state index in [1.54, 1.807) is 12.1 Å². The average molecular weight is 607 g/mol. The monoisotopic (exact) mass is 605 g/mol. The zero-order valence-electron chi connectivity index (χ0n) is 22.5. The van der Waals surface area contributed by atoms with Crippen molar-refractivity contribution in [3.63, 3.8) is 0 Å². The number of hydrogen-bond donors (Lipinski definition) is 1. The van der Waals surface area contributed by atoms with Gasteiger partial charge >= 0.3 is 6.36 Å². The Kier molecular flexibility index (Phi) is 13.4. The number of carbonyl (C=O) groups is 1. The summed E-state index contributed by atoms with van der Waals surface area (Å²) in [4.78, 5) is 17.4. The molecule has 1 aliphatic heterocycles. The number of carbonyl (C=O) groups excluding carboxylic acids is 1. The second kappa shape index (κ2) is 16.5. The van der Waals surface area contributed by atoms with Gasteiger partial charge in [0, 0.05) is 32.7 Å². The van der Waals surface area contributed by atoms with Gasteiger partial charge in [0.1, 0.15) is 0 Å². The number of benzene rings is 2. The molecule has 0 radical (unpaired) electrons. The Morgan fingerprint density at radius 2 is 1.75 bits per heavy atom. The van der Waals surface area contributed by atoms with Crippen LogP contribution in [-0.4, -0.2) is 94.4 Å². The number of likely N-dealkylation sites (tertiary alicyclic amines) is 1. The van der Waals surface area contributed by atoms with Crippen LogP contribution in [0, 0.1) is 0 Å². The van der Waals surface area contributed by atoms with Crippen molar-refractivity contribution < 1.29 is 32.2 Å². The van der Waals surface area contributed by atoms with Gasteiger partial charge in [-0.05, 0) is 36.2 Å². The van der Waals surface area contributed by atoms with Crippen LogP contribution in [0.25, 0.3) is 0 Å². The van der Waals surface area contributed by atoms with Gasteiger partial charge < -0.3 is 19.7 Å². The van der Waals surface area contributed by atoms with Gasteiger partial charge in [-0.3, -0.25) is 14.4 Å². The van der Waals surface area contributed by atoms with Crippen LogP contribution in [0.15, 0.2) is 48.5 Å². The topological polar surface area (TPSA) is 63.3 Å². The fourth-order valence-corrected chi connectivity index (χ4v) is 4.85. The first-order valence-corrected chi connectivity index (χ1v) is 13.9. The maximum absolute atomic E-state index is 13.2. The highest BCUT2D eigenvalue weighted by atomic mass is 35.5. The van der Waals surface area contributed by atoms with Crippen molar-refractivity contribution in [3.05, 3.63) is 69.7 Å². The van der Waals surface area contributed by atoms with Gasteiger partial charge in [-0.1, -0.05) is 59.6 Å². The second-order valence-electron chi connectivity index (χ2n) is 9.57.